The lowest BCUT2D eigenvalue weighted by atomic mass is 10.1. The fraction of sp³-hybridized carbons (Fsp3) is 0.250. The van der Waals surface area contributed by atoms with Gasteiger partial charge in [0.2, 0.25) is 0 Å². The quantitative estimate of drug-likeness (QED) is 0.785. The molecule has 0 aliphatic heterocycles. The van der Waals surface area contributed by atoms with Gasteiger partial charge in [0.1, 0.15) is 5.75 Å². The van der Waals surface area contributed by atoms with Gasteiger partial charge < -0.3 is 10.1 Å². The highest BCUT2D eigenvalue weighted by atomic mass is 16.5. The minimum Gasteiger partial charge on any atom is -0.496 e. The van der Waals surface area contributed by atoms with E-state index in [2.05, 4.69) is 35.6 Å². The molecular formula is C16H19NO. The first kappa shape index (κ1) is 12.7. The van der Waals surface area contributed by atoms with Crippen LogP contribution in [0.2, 0.25) is 0 Å². The molecule has 0 spiro atoms. The maximum Gasteiger partial charge on any atom is 0.123 e. The molecule has 0 fully saturated rings. The van der Waals surface area contributed by atoms with Gasteiger partial charge in [0.15, 0.2) is 0 Å². The largest absolute Gasteiger partial charge is 0.496 e. The van der Waals surface area contributed by atoms with Crippen LogP contribution in [0.3, 0.4) is 0 Å². The minimum atomic E-state index is 0.844. The molecule has 2 heteroatoms. The Hall–Kier alpha value is -1.80. The van der Waals surface area contributed by atoms with Crippen molar-refractivity contribution in [1.29, 1.82) is 0 Å². The van der Waals surface area contributed by atoms with Gasteiger partial charge in [-0.1, -0.05) is 48.5 Å². The number of rotatable bonds is 6. The van der Waals surface area contributed by atoms with Crippen LogP contribution >= 0.6 is 0 Å². The van der Waals surface area contributed by atoms with Gasteiger partial charge >= 0.3 is 0 Å². The third-order valence-electron chi connectivity index (χ3n) is 2.94. The van der Waals surface area contributed by atoms with Gasteiger partial charge in [-0.25, -0.2) is 0 Å². The van der Waals surface area contributed by atoms with Crippen molar-refractivity contribution in [3.63, 3.8) is 0 Å². The van der Waals surface area contributed by atoms with Crippen LogP contribution in [0.1, 0.15) is 11.1 Å². The summed E-state index contributed by atoms with van der Waals surface area (Å²) in [6, 6.07) is 18.6. The van der Waals surface area contributed by atoms with Crippen molar-refractivity contribution in [3.8, 4) is 5.75 Å². The molecule has 2 aromatic carbocycles. The molecule has 2 rings (SSSR count). The molecule has 0 heterocycles. The van der Waals surface area contributed by atoms with Crippen LogP contribution in [-0.2, 0) is 13.0 Å². The van der Waals surface area contributed by atoms with Gasteiger partial charge in [0.25, 0.3) is 0 Å². The molecule has 0 amide bonds. The fourth-order valence-corrected chi connectivity index (χ4v) is 1.95. The van der Waals surface area contributed by atoms with E-state index in [0.717, 1.165) is 25.3 Å². The summed E-state index contributed by atoms with van der Waals surface area (Å²) >= 11 is 0. The number of para-hydroxylation sites is 1. The summed E-state index contributed by atoms with van der Waals surface area (Å²) < 4.78 is 5.32. The summed E-state index contributed by atoms with van der Waals surface area (Å²) in [5, 5.41) is 3.44. The maximum absolute atomic E-state index is 5.32. The predicted molar refractivity (Wildman–Crippen MR) is 74.8 cm³/mol. The lowest BCUT2D eigenvalue weighted by molar-refractivity contribution is 0.408. The smallest absolute Gasteiger partial charge is 0.123 e. The molecule has 0 aliphatic carbocycles. The topological polar surface area (TPSA) is 21.3 Å². The first-order valence-electron chi connectivity index (χ1n) is 6.26. The Morgan fingerprint density at radius 1 is 0.944 bits per heavy atom. The molecule has 0 radical (unpaired) electrons. The third-order valence-corrected chi connectivity index (χ3v) is 2.94. The van der Waals surface area contributed by atoms with Crippen molar-refractivity contribution in [3.05, 3.63) is 65.7 Å². The first-order valence-corrected chi connectivity index (χ1v) is 6.26. The molecule has 1 N–H and O–H groups in total. The van der Waals surface area contributed by atoms with Gasteiger partial charge in [-0.15, -0.1) is 0 Å². The summed E-state index contributed by atoms with van der Waals surface area (Å²) in [6.45, 7) is 1.82. The Kier molecular flexibility index (Phi) is 4.79. The van der Waals surface area contributed by atoms with Crippen molar-refractivity contribution in [2.45, 2.75) is 13.0 Å². The van der Waals surface area contributed by atoms with E-state index >= 15 is 0 Å². The van der Waals surface area contributed by atoms with E-state index in [0.29, 0.717) is 0 Å². The molecule has 0 saturated heterocycles. The van der Waals surface area contributed by atoms with Crippen LogP contribution < -0.4 is 10.1 Å². The average molecular weight is 241 g/mol. The van der Waals surface area contributed by atoms with Crippen molar-refractivity contribution in [1.82, 2.24) is 5.32 Å². The van der Waals surface area contributed by atoms with E-state index in [4.69, 9.17) is 4.74 Å². The highest BCUT2D eigenvalue weighted by Gasteiger charge is 2.00. The third kappa shape index (κ3) is 3.60. The van der Waals surface area contributed by atoms with E-state index in [9.17, 15) is 0 Å². The lowest BCUT2D eigenvalue weighted by Crippen LogP contribution is -2.17. The zero-order valence-electron chi connectivity index (χ0n) is 10.7. The van der Waals surface area contributed by atoms with Crippen molar-refractivity contribution in [2.75, 3.05) is 13.7 Å². The average Bonchev–Trinajstić information content (AvgIpc) is 2.45. The Bertz CT molecular complexity index is 468. The van der Waals surface area contributed by atoms with Gasteiger partial charge in [0.05, 0.1) is 7.11 Å². The lowest BCUT2D eigenvalue weighted by Gasteiger charge is -2.09. The van der Waals surface area contributed by atoms with Crippen LogP contribution in [0.25, 0.3) is 0 Å². The zero-order valence-corrected chi connectivity index (χ0v) is 10.7. The highest BCUT2D eigenvalue weighted by molar-refractivity contribution is 5.32. The van der Waals surface area contributed by atoms with Crippen LogP contribution in [0, 0.1) is 0 Å². The molecule has 0 aliphatic rings. The Labute approximate surface area is 109 Å². The molecule has 0 atom stereocenters. The second-order valence-electron chi connectivity index (χ2n) is 4.22. The van der Waals surface area contributed by atoms with Crippen LogP contribution in [0.4, 0.5) is 0 Å². The minimum absolute atomic E-state index is 0.844. The summed E-state index contributed by atoms with van der Waals surface area (Å²) in [5.74, 6) is 0.949. The second-order valence-corrected chi connectivity index (χ2v) is 4.22. The number of hydrogen-bond donors (Lipinski definition) is 1. The second kappa shape index (κ2) is 6.82. The standard InChI is InChI=1S/C16H19NO/c1-18-16-10-6-5-9-15(16)13-17-12-11-14-7-3-2-4-8-14/h2-10,17H,11-13H2,1H3. The van der Waals surface area contributed by atoms with Crippen LogP contribution in [0.5, 0.6) is 5.75 Å². The monoisotopic (exact) mass is 241 g/mol. The Morgan fingerprint density at radius 2 is 1.67 bits per heavy atom. The van der Waals surface area contributed by atoms with E-state index in [1.165, 1.54) is 11.1 Å². The fourth-order valence-electron chi connectivity index (χ4n) is 1.95. The van der Waals surface area contributed by atoms with Crippen molar-refractivity contribution < 1.29 is 4.74 Å². The SMILES string of the molecule is COc1ccccc1CNCCc1ccccc1. The highest BCUT2D eigenvalue weighted by Crippen LogP contribution is 2.16. The Balaban J connectivity index is 1.78. The van der Waals surface area contributed by atoms with Crippen molar-refractivity contribution >= 4 is 0 Å². The normalized spacial score (nSPS) is 10.3. The van der Waals surface area contributed by atoms with Crippen LogP contribution in [-0.4, -0.2) is 13.7 Å². The first-order chi connectivity index (χ1) is 8.90. The summed E-state index contributed by atoms with van der Waals surface area (Å²) in [6.07, 6.45) is 1.05. The van der Waals surface area contributed by atoms with E-state index < -0.39 is 0 Å². The van der Waals surface area contributed by atoms with Crippen LogP contribution in [0.15, 0.2) is 54.6 Å². The van der Waals surface area contributed by atoms with Gasteiger partial charge in [0, 0.05) is 12.1 Å². The summed E-state index contributed by atoms with van der Waals surface area (Å²) in [4.78, 5) is 0. The molecule has 0 unspecified atom stereocenters. The molecule has 18 heavy (non-hydrogen) atoms. The molecule has 2 nitrogen and oxygen atoms in total. The van der Waals surface area contributed by atoms with Gasteiger partial charge in [-0.2, -0.15) is 0 Å². The molecule has 0 bridgehead atoms. The summed E-state index contributed by atoms with van der Waals surface area (Å²) in [7, 11) is 1.71. The zero-order chi connectivity index (χ0) is 12.6. The van der Waals surface area contributed by atoms with Gasteiger partial charge in [-0.3, -0.25) is 0 Å². The van der Waals surface area contributed by atoms with E-state index in [1.54, 1.807) is 7.11 Å². The van der Waals surface area contributed by atoms with E-state index in [1.807, 2.05) is 24.3 Å². The molecule has 94 valence electrons. The molecule has 2 aromatic rings. The molecular weight excluding hydrogens is 222 g/mol. The van der Waals surface area contributed by atoms with E-state index in [-0.39, 0.29) is 0 Å². The van der Waals surface area contributed by atoms with Gasteiger partial charge in [-0.05, 0) is 24.6 Å². The maximum atomic E-state index is 5.32. The summed E-state index contributed by atoms with van der Waals surface area (Å²) in [5.41, 5.74) is 2.57. The predicted octanol–water partition coefficient (Wildman–Crippen LogP) is 3.03. The number of hydrogen-bond acceptors (Lipinski definition) is 2. The molecule has 0 saturated carbocycles. The molecule has 0 aromatic heterocycles. The Morgan fingerprint density at radius 3 is 2.44 bits per heavy atom. The number of nitrogens with one attached hydrogen (secondary N) is 1. The number of ether oxygens (including phenoxy) is 1. The number of methoxy groups -OCH3 is 1. The number of benzene rings is 2. The van der Waals surface area contributed by atoms with Crippen molar-refractivity contribution in [2.24, 2.45) is 0 Å².